The number of rotatable bonds is 5. The minimum absolute atomic E-state index is 0.114. The molecule has 35 heavy (non-hydrogen) atoms. The average molecular weight is 474 g/mol. The van der Waals surface area contributed by atoms with Crippen LogP contribution >= 0.6 is 0 Å². The molecule has 1 aliphatic carbocycles. The molecule has 0 atom stereocenters. The summed E-state index contributed by atoms with van der Waals surface area (Å²) in [5.74, 6) is -1.07. The summed E-state index contributed by atoms with van der Waals surface area (Å²) < 4.78 is 29.0. The maximum Gasteiger partial charge on any atom is 0.253 e. The topological polar surface area (TPSA) is 126 Å². The second kappa shape index (κ2) is 8.05. The number of fused-ring (bicyclic) bond motifs is 2. The summed E-state index contributed by atoms with van der Waals surface area (Å²) in [6.07, 6.45) is 6.04. The highest BCUT2D eigenvalue weighted by molar-refractivity contribution is 6.07. The van der Waals surface area contributed by atoms with Crippen LogP contribution < -0.4 is 16.4 Å². The van der Waals surface area contributed by atoms with Gasteiger partial charge in [-0.25, -0.2) is 23.3 Å². The number of amides is 1. The van der Waals surface area contributed by atoms with Gasteiger partial charge in [-0.2, -0.15) is 5.10 Å². The van der Waals surface area contributed by atoms with Crippen molar-refractivity contribution in [2.45, 2.75) is 25.3 Å². The molecule has 1 aliphatic rings. The zero-order chi connectivity index (χ0) is 24.1. The maximum atomic E-state index is 14.0. The highest BCUT2D eigenvalue weighted by Gasteiger charge is 2.25. The molecule has 11 heteroatoms. The summed E-state index contributed by atoms with van der Waals surface area (Å²) in [5.41, 5.74) is 9.48. The lowest BCUT2D eigenvalue weighted by Gasteiger charge is -2.26. The molecule has 2 aromatic carbocycles. The van der Waals surface area contributed by atoms with E-state index < -0.39 is 11.6 Å². The zero-order valence-electron chi connectivity index (χ0n) is 18.3. The lowest BCUT2D eigenvalue weighted by Crippen LogP contribution is -2.39. The second-order valence-electron chi connectivity index (χ2n) is 8.53. The van der Waals surface area contributed by atoms with Crippen molar-refractivity contribution >= 4 is 39.9 Å². The first-order valence-electron chi connectivity index (χ1n) is 11.1. The van der Waals surface area contributed by atoms with Crippen molar-refractivity contribution in [2.75, 3.05) is 11.1 Å². The van der Waals surface area contributed by atoms with Gasteiger partial charge in [0.1, 0.15) is 23.2 Å². The minimum atomic E-state index is -0.719. The number of nitrogens with one attached hydrogen (secondary N) is 3. The molecule has 0 aliphatic heterocycles. The number of nitrogens with two attached hydrogens (primary N) is 1. The fraction of sp³-hybridized carbons (Fsp3) is 0.167. The van der Waals surface area contributed by atoms with Crippen LogP contribution in [0.3, 0.4) is 0 Å². The van der Waals surface area contributed by atoms with E-state index in [1.807, 2.05) is 12.1 Å². The Bertz CT molecular complexity index is 1590. The molecular weight excluding hydrogens is 454 g/mol. The molecule has 1 fully saturated rings. The molecule has 3 heterocycles. The van der Waals surface area contributed by atoms with Crippen LogP contribution in [0.2, 0.25) is 0 Å². The third-order valence-corrected chi connectivity index (χ3v) is 6.23. The number of nitrogens with zero attached hydrogens (tertiary/aromatic N) is 4. The number of halogens is 2. The number of aromatic amines is 1. The quantitative estimate of drug-likeness (QED) is 0.303. The standard InChI is InChI=1S/C24H20F2N8O/c25-13-8-17(26)20-18(9-13)32-24(33-20)31-15-6-4-12(5-7-15)19-16(23(35)30-14-2-1-3-14)10-34-21(19)22(27)28-11-29-34/h4-11,14H,1-3H2,(H,30,35)(H2,27,28,29)(H2,31,32,33). The van der Waals surface area contributed by atoms with Gasteiger partial charge in [-0.3, -0.25) is 4.79 Å². The summed E-state index contributed by atoms with van der Waals surface area (Å²) in [4.78, 5) is 24.2. The summed E-state index contributed by atoms with van der Waals surface area (Å²) in [5, 5.41) is 10.3. The average Bonchev–Trinajstić information content (AvgIpc) is 3.39. The number of hydrogen-bond acceptors (Lipinski definition) is 6. The number of H-pyrrole nitrogens is 1. The van der Waals surface area contributed by atoms with Crippen molar-refractivity contribution in [3.8, 4) is 11.1 Å². The van der Waals surface area contributed by atoms with E-state index in [1.165, 1.54) is 6.33 Å². The number of nitrogen functional groups attached to an aromatic ring is 1. The van der Waals surface area contributed by atoms with Gasteiger partial charge < -0.3 is 21.4 Å². The van der Waals surface area contributed by atoms with Crippen molar-refractivity contribution in [2.24, 2.45) is 0 Å². The van der Waals surface area contributed by atoms with E-state index in [-0.39, 0.29) is 34.7 Å². The van der Waals surface area contributed by atoms with E-state index >= 15 is 0 Å². The Balaban J connectivity index is 1.34. The summed E-state index contributed by atoms with van der Waals surface area (Å²) in [7, 11) is 0. The monoisotopic (exact) mass is 474 g/mol. The van der Waals surface area contributed by atoms with Crippen molar-refractivity contribution in [3.05, 3.63) is 66.1 Å². The summed E-state index contributed by atoms with van der Waals surface area (Å²) in [6, 6.07) is 9.36. The van der Waals surface area contributed by atoms with Crippen molar-refractivity contribution in [1.29, 1.82) is 0 Å². The predicted octanol–water partition coefficient (Wildman–Crippen LogP) is 4.16. The van der Waals surface area contributed by atoms with E-state index in [0.717, 1.165) is 37.0 Å². The van der Waals surface area contributed by atoms with E-state index in [2.05, 4.69) is 30.7 Å². The van der Waals surface area contributed by atoms with Gasteiger partial charge in [0.05, 0.1) is 11.1 Å². The van der Waals surface area contributed by atoms with E-state index in [9.17, 15) is 13.6 Å². The van der Waals surface area contributed by atoms with Crippen LogP contribution in [-0.4, -0.2) is 36.5 Å². The third kappa shape index (κ3) is 3.70. The molecule has 0 unspecified atom stereocenters. The fourth-order valence-electron chi connectivity index (χ4n) is 4.27. The van der Waals surface area contributed by atoms with Gasteiger partial charge in [-0.05, 0) is 37.0 Å². The first-order valence-corrected chi connectivity index (χ1v) is 11.1. The Morgan fingerprint density at radius 2 is 1.97 bits per heavy atom. The van der Waals surface area contributed by atoms with Gasteiger partial charge >= 0.3 is 0 Å². The molecule has 0 saturated heterocycles. The lowest BCUT2D eigenvalue weighted by atomic mass is 9.92. The molecule has 0 bridgehead atoms. The van der Waals surface area contributed by atoms with Gasteiger partial charge in [-0.1, -0.05) is 12.1 Å². The largest absolute Gasteiger partial charge is 0.382 e. The van der Waals surface area contributed by atoms with Crippen molar-refractivity contribution < 1.29 is 13.6 Å². The van der Waals surface area contributed by atoms with Crippen molar-refractivity contribution in [1.82, 2.24) is 29.9 Å². The number of carbonyl (C=O) groups is 1. The highest BCUT2D eigenvalue weighted by atomic mass is 19.1. The Morgan fingerprint density at radius 3 is 2.71 bits per heavy atom. The van der Waals surface area contributed by atoms with Crippen LogP contribution in [0, 0.1) is 11.6 Å². The first-order chi connectivity index (χ1) is 17.0. The molecule has 0 spiro atoms. The van der Waals surface area contributed by atoms with Gasteiger partial charge in [0, 0.05) is 35.6 Å². The van der Waals surface area contributed by atoms with Gasteiger partial charge in [0.25, 0.3) is 5.91 Å². The smallest absolute Gasteiger partial charge is 0.253 e. The normalized spacial score (nSPS) is 13.8. The molecule has 0 radical (unpaired) electrons. The predicted molar refractivity (Wildman–Crippen MR) is 127 cm³/mol. The van der Waals surface area contributed by atoms with E-state index in [0.29, 0.717) is 22.3 Å². The third-order valence-electron chi connectivity index (χ3n) is 6.23. The van der Waals surface area contributed by atoms with Crippen LogP contribution in [0.25, 0.3) is 27.7 Å². The molecule has 5 aromatic rings. The van der Waals surface area contributed by atoms with Crippen LogP contribution in [0.5, 0.6) is 0 Å². The number of hydrogen-bond donors (Lipinski definition) is 4. The lowest BCUT2D eigenvalue weighted by molar-refractivity contribution is 0.0917. The highest BCUT2D eigenvalue weighted by Crippen LogP contribution is 2.34. The molecule has 3 aromatic heterocycles. The molecule has 6 rings (SSSR count). The number of anilines is 3. The van der Waals surface area contributed by atoms with E-state index in [1.54, 1.807) is 22.8 Å². The Kier molecular flexibility index (Phi) is 4.83. The molecule has 5 N–H and O–H groups in total. The summed E-state index contributed by atoms with van der Waals surface area (Å²) in [6.45, 7) is 0. The van der Waals surface area contributed by atoms with Crippen LogP contribution in [0.4, 0.5) is 26.2 Å². The molecular formula is C24H20F2N8O. The first kappa shape index (κ1) is 21.0. The SMILES string of the molecule is Nc1ncnn2cc(C(=O)NC3CCC3)c(-c3ccc(Nc4nc5cc(F)cc(F)c5[nH]4)cc3)c12. The number of imidazole rings is 1. The summed E-state index contributed by atoms with van der Waals surface area (Å²) >= 11 is 0. The minimum Gasteiger partial charge on any atom is -0.382 e. The molecule has 9 nitrogen and oxygen atoms in total. The van der Waals surface area contributed by atoms with Crippen LogP contribution in [-0.2, 0) is 0 Å². The Morgan fingerprint density at radius 1 is 1.17 bits per heavy atom. The Hall–Kier alpha value is -4.54. The number of aromatic nitrogens is 5. The number of benzene rings is 2. The zero-order valence-corrected chi connectivity index (χ0v) is 18.3. The maximum absolute atomic E-state index is 14.0. The van der Waals surface area contributed by atoms with Gasteiger partial charge in [-0.15, -0.1) is 0 Å². The van der Waals surface area contributed by atoms with Crippen LogP contribution in [0.15, 0.2) is 48.9 Å². The molecule has 1 amide bonds. The number of carbonyl (C=O) groups excluding carboxylic acids is 1. The molecule has 1 saturated carbocycles. The van der Waals surface area contributed by atoms with Crippen LogP contribution in [0.1, 0.15) is 29.6 Å². The van der Waals surface area contributed by atoms with E-state index in [4.69, 9.17) is 5.73 Å². The van der Waals surface area contributed by atoms with Gasteiger partial charge in [0.2, 0.25) is 5.95 Å². The molecule has 176 valence electrons. The van der Waals surface area contributed by atoms with Gasteiger partial charge in [0.15, 0.2) is 11.6 Å². The van der Waals surface area contributed by atoms with Crippen molar-refractivity contribution in [3.63, 3.8) is 0 Å². The fourth-order valence-corrected chi connectivity index (χ4v) is 4.27. The second-order valence-corrected chi connectivity index (χ2v) is 8.53. The Labute approximate surface area is 197 Å².